The molecule has 3 heterocycles. The van der Waals surface area contributed by atoms with Gasteiger partial charge in [-0.1, -0.05) is 17.7 Å². The van der Waals surface area contributed by atoms with Crippen LogP contribution in [0.5, 0.6) is 0 Å². The third-order valence-electron chi connectivity index (χ3n) is 4.37. The number of carbonyl (C=O) groups is 1. The van der Waals surface area contributed by atoms with Crippen LogP contribution in [0.3, 0.4) is 0 Å². The number of aromatic nitrogens is 4. The second kappa shape index (κ2) is 7.63. The number of hydrogen-bond acceptors (Lipinski definition) is 5. The fourth-order valence-corrected chi connectivity index (χ4v) is 3.14. The van der Waals surface area contributed by atoms with Gasteiger partial charge in [-0.3, -0.25) is 4.57 Å². The van der Waals surface area contributed by atoms with E-state index in [1.807, 2.05) is 29.0 Å². The van der Waals surface area contributed by atoms with Gasteiger partial charge >= 0.3 is 6.03 Å². The molecule has 0 aliphatic carbocycles. The lowest BCUT2D eigenvalue weighted by molar-refractivity contribution is 0.208. The predicted molar refractivity (Wildman–Crippen MR) is 103 cm³/mol. The lowest BCUT2D eigenvalue weighted by atomic mass is 10.3. The van der Waals surface area contributed by atoms with Gasteiger partial charge in [0, 0.05) is 55.3 Å². The molecular formula is C18H18ClN7O. The Labute approximate surface area is 161 Å². The number of hydrogen-bond donors (Lipinski definition) is 1. The van der Waals surface area contributed by atoms with Crippen LogP contribution in [0.4, 0.5) is 16.3 Å². The van der Waals surface area contributed by atoms with Crippen LogP contribution >= 0.6 is 11.6 Å². The molecule has 1 saturated heterocycles. The minimum Gasteiger partial charge on any atom is -0.353 e. The Morgan fingerprint density at radius 2 is 1.89 bits per heavy atom. The highest BCUT2D eigenvalue weighted by Crippen LogP contribution is 2.18. The zero-order chi connectivity index (χ0) is 18.6. The molecule has 0 spiro atoms. The molecule has 8 nitrogen and oxygen atoms in total. The first-order valence-electron chi connectivity index (χ1n) is 8.56. The molecule has 2 amide bonds. The van der Waals surface area contributed by atoms with E-state index in [9.17, 15) is 4.79 Å². The van der Waals surface area contributed by atoms with Crippen LogP contribution in [0.1, 0.15) is 0 Å². The van der Waals surface area contributed by atoms with E-state index in [0.717, 1.165) is 11.6 Å². The van der Waals surface area contributed by atoms with Crippen LogP contribution < -0.4 is 10.2 Å². The molecule has 1 aliphatic rings. The predicted octanol–water partition coefficient (Wildman–Crippen LogP) is 2.67. The summed E-state index contributed by atoms with van der Waals surface area (Å²) in [7, 11) is 0. The van der Waals surface area contributed by atoms with Gasteiger partial charge in [-0.25, -0.2) is 19.7 Å². The maximum atomic E-state index is 12.4. The number of carbonyl (C=O) groups excluding carboxylic acids is 1. The van der Waals surface area contributed by atoms with Gasteiger partial charge in [-0.05, 0) is 18.2 Å². The molecule has 0 saturated carbocycles. The molecule has 1 fully saturated rings. The highest BCUT2D eigenvalue weighted by atomic mass is 35.5. The van der Waals surface area contributed by atoms with E-state index < -0.39 is 0 Å². The second-order valence-electron chi connectivity index (χ2n) is 6.12. The minimum absolute atomic E-state index is 0.126. The molecule has 9 heteroatoms. The summed E-state index contributed by atoms with van der Waals surface area (Å²) in [6, 6.07) is 8.92. The lowest BCUT2D eigenvalue weighted by Crippen LogP contribution is -2.50. The van der Waals surface area contributed by atoms with E-state index in [1.165, 1.54) is 0 Å². The topological polar surface area (TPSA) is 79.2 Å². The summed E-state index contributed by atoms with van der Waals surface area (Å²) in [6.07, 6.45) is 6.79. The standard InChI is InChI=1S/C18H18ClN7O/c19-14-2-1-3-15(10-14)23-18(27)25-8-6-24(7-9-25)16-11-17(22-12-21-16)26-5-4-20-13-26/h1-5,10-13H,6-9H2,(H,23,27). The quantitative estimate of drug-likeness (QED) is 0.752. The van der Waals surface area contributed by atoms with Crippen molar-refractivity contribution in [2.45, 2.75) is 0 Å². The zero-order valence-corrected chi connectivity index (χ0v) is 15.3. The summed E-state index contributed by atoms with van der Waals surface area (Å²) in [5, 5.41) is 3.48. The van der Waals surface area contributed by atoms with Crippen molar-refractivity contribution in [2.24, 2.45) is 0 Å². The van der Waals surface area contributed by atoms with Crippen molar-refractivity contribution in [3.63, 3.8) is 0 Å². The summed E-state index contributed by atoms with van der Waals surface area (Å²) in [6.45, 7) is 2.61. The number of nitrogens with zero attached hydrogens (tertiary/aromatic N) is 6. The van der Waals surface area contributed by atoms with Crippen LogP contribution in [0, 0.1) is 0 Å². The maximum absolute atomic E-state index is 12.4. The third kappa shape index (κ3) is 4.01. The molecule has 1 aliphatic heterocycles. The highest BCUT2D eigenvalue weighted by molar-refractivity contribution is 6.30. The number of imidazole rings is 1. The number of halogens is 1. The number of nitrogens with one attached hydrogen (secondary N) is 1. The van der Waals surface area contributed by atoms with Gasteiger partial charge in [0.2, 0.25) is 0 Å². The van der Waals surface area contributed by atoms with Crippen molar-refractivity contribution < 1.29 is 4.79 Å². The Morgan fingerprint density at radius 1 is 1.07 bits per heavy atom. The number of benzene rings is 1. The Bertz CT molecular complexity index is 923. The number of anilines is 2. The first kappa shape index (κ1) is 17.3. The molecule has 27 heavy (non-hydrogen) atoms. The van der Waals surface area contributed by atoms with E-state index in [1.54, 1.807) is 35.9 Å². The first-order valence-corrected chi connectivity index (χ1v) is 8.94. The monoisotopic (exact) mass is 383 g/mol. The minimum atomic E-state index is -0.126. The maximum Gasteiger partial charge on any atom is 0.321 e. The van der Waals surface area contributed by atoms with Gasteiger partial charge in [-0.15, -0.1) is 0 Å². The van der Waals surface area contributed by atoms with Crippen molar-refractivity contribution >= 4 is 29.1 Å². The molecule has 138 valence electrons. The van der Waals surface area contributed by atoms with Crippen LogP contribution in [0.15, 0.2) is 55.4 Å². The average Bonchev–Trinajstić information content (AvgIpc) is 3.23. The Balaban J connectivity index is 1.37. The SMILES string of the molecule is O=C(Nc1cccc(Cl)c1)N1CCN(c2cc(-n3ccnc3)ncn2)CC1. The van der Waals surface area contributed by atoms with E-state index >= 15 is 0 Å². The smallest absolute Gasteiger partial charge is 0.321 e. The number of piperazine rings is 1. The number of rotatable bonds is 3. The fourth-order valence-electron chi connectivity index (χ4n) is 2.95. The van der Waals surface area contributed by atoms with Gasteiger partial charge < -0.3 is 15.1 Å². The summed E-state index contributed by atoms with van der Waals surface area (Å²) < 4.78 is 1.83. The summed E-state index contributed by atoms with van der Waals surface area (Å²) in [4.78, 5) is 29.1. The van der Waals surface area contributed by atoms with E-state index in [-0.39, 0.29) is 6.03 Å². The van der Waals surface area contributed by atoms with Gasteiger partial charge in [0.25, 0.3) is 0 Å². The molecule has 1 N–H and O–H groups in total. The molecule has 1 aromatic carbocycles. The van der Waals surface area contributed by atoms with Crippen LogP contribution in [0.25, 0.3) is 5.82 Å². The molecule has 0 bridgehead atoms. The molecule has 4 rings (SSSR count). The lowest BCUT2D eigenvalue weighted by Gasteiger charge is -2.35. The summed E-state index contributed by atoms with van der Waals surface area (Å²) >= 11 is 5.96. The second-order valence-corrected chi connectivity index (χ2v) is 6.56. The van der Waals surface area contributed by atoms with Crippen molar-refractivity contribution in [3.05, 3.63) is 60.4 Å². The van der Waals surface area contributed by atoms with Gasteiger partial charge in [0.1, 0.15) is 24.3 Å². The van der Waals surface area contributed by atoms with Crippen LogP contribution in [0.2, 0.25) is 5.02 Å². The molecule has 0 radical (unpaired) electrons. The molecular weight excluding hydrogens is 366 g/mol. The van der Waals surface area contributed by atoms with Gasteiger partial charge in [0.05, 0.1) is 0 Å². The average molecular weight is 384 g/mol. The normalized spacial score (nSPS) is 14.3. The molecule has 2 aromatic heterocycles. The summed E-state index contributed by atoms with van der Waals surface area (Å²) in [5.74, 6) is 1.60. The first-order chi connectivity index (χ1) is 13.2. The van der Waals surface area contributed by atoms with Crippen molar-refractivity contribution in [1.29, 1.82) is 0 Å². The Hall–Kier alpha value is -3.13. The largest absolute Gasteiger partial charge is 0.353 e. The molecule has 3 aromatic rings. The van der Waals surface area contributed by atoms with E-state index in [0.29, 0.717) is 36.9 Å². The van der Waals surface area contributed by atoms with Gasteiger partial charge in [0.15, 0.2) is 0 Å². The Morgan fingerprint density at radius 3 is 2.63 bits per heavy atom. The third-order valence-corrected chi connectivity index (χ3v) is 4.61. The van der Waals surface area contributed by atoms with Gasteiger partial charge in [-0.2, -0.15) is 0 Å². The van der Waals surface area contributed by atoms with Crippen molar-refractivity contribution in [3.8, 4) is 5.82 Å². The van der Waals surface area contributed by atoms with E-state index in [4.69, 9.17) is 11.6 Å². The van der Waals surface area contributed by atoms with Crippen molar-refractivity contribution in [2.75, 3.05) is 36.4 Å². The zero-order valence-electron chi connectivity index (χ0n) is 14.5. The molecule has 0 unspecified atom stereocenters. The Kier molecular flexibility index (Phi) is 4.88. The van der Waals surface area contributed by atoms with Crippen molar-refractivity contribution in [1.82, 2.24) is 24.4 Å². The number of amides is 2. The summed E-state index contributed by atoms with van der Waals surface area (Å²) in [5.41, 5.74) is 0.690. The highest BCUT2D eigenvalue weighted by Gasteiger charge is 2.22. The van der Waals surface area contributed by atoms with E-state index in [2.05, 4.69) is 25.2 Å². The van der Waals surface area contributed by atoms with Crippen LogP contribution in [-0.2, 0) is 0 Å². The molecule has 0 atom stereocenters. The number of urea groups is 1. The fraction of sp³-hybridized carbons (Fsp3) is 0.222. The van der Waals surface area contributed by atoms with Crippen LogP contribution in [-0.4, -0.2) is 56.6 Å².